The fourth-order valence-corrected chi connectivity index (χ4v) is 2.43. The first-order valence-corrected chi connectivity index (χ1v) is 7.17. The summed E-state index contributed by atoms with van der Waals surface area (Å²) >= 11 is 0. The highest BCUT2D eigenvalue weighted by molar-refractivity contribution is 5.68. The van der Waals surface area contributed by atoms with Crippen LogP contribution in [-0.4, -0.2) is 40.9 Å². The third-order valence-corrected chi connectivity index (χ3v) is 3.53. The van der Waals surface area contributed by atoms with Crippen LogP contribution in [0.5, 0.6) is 0 Å². The molecule has 0 spiro atoms. The van der Waals surface area contributed by atoms with E-state index in [9.17, 15) is 9.90 Å². The molecule has 1 aliphatic rings. The summed E-state index contributed by atoms with van der Waals surface area (Å²) in [6.45, 7) is 13.1. The molecule has 0 radical (unpaired) electrons. The van der Waals surface area contributed by atoms with E-state index in [-0.39, 0.29) is 23.5 Å². The molecule has 0 aliphatic carbocycles. The van der Waals surface area contributed by atoms with Crippen molar-refractivity contribution in [1.82, 2.24) is 4.90 Å². The van der Waals surface area contributed by atoms with Crippen molar-refractivity contribution < 1.29 is 14.6 Å². The van der Waals surface area contributed by atoms with Gasteiger partial charge in [0.15, 0.2) is 0 Å². The zero-order valence-electron chi connectivity index (χ0n) is 13.2. The normalized spacial score (nSPS) is 20.3. The van der Waals surface area contributed by atoms with Crippen LogP contribution in [0.2, 0.25) is 0 Å². The van der Waals surface area contributed by atoms with E-state index in [1.807, 2.05) is 20.8 Å². The Labute approximate surface area is 117 Å². The second kappa shape index (κ2) is 5.70. The predicted octanol–water partition coefficient (Wildman–Crippen LogP) is 3.04. The number of nitrogens with zero attached hydrogens (tertiary/aromatic N) is 1. The number of likely N-dealkylation sites (tertiary alicyclic amines) is 1. The maximum absolute atomic E-state index is 11.9. The Bertz CT molecular complexity index is 306. The molecular weight excluding hydrogens is 242 g/mol. The minimum absolute atomic E-state index is 0.0985. The Morgan fingerprint density at radius 1 is 1.16 bits per heavy atom. The third kappa shape index (κ3) is 5.01. The third-order valence-electron chi connectivity index (χ3n) is 3.53. The number of hydrogen-bond donors (Lipinski definition) is 1. The van der Waals surface area contributed by atoms with Gasteiger partial charge < -0.3 is 14.7 Å². The van der Waals surface area contributed by atoms with E-state index in [0.717, 1.165) is 12.8 Å². The number of carbonyl (C=O) groups is 1. The van der Waals surface area contributed by atoms with Gasteiger partial charge in [0.1, 0.15) is 5.60 Å². The molecule has 0 unspecified atom stereocenters. The van der Waals surface area contributed by atoms with Gasteiger partial charge in [0, 0.05) is 13.1 Å². The van der Waals surface area contributed by atoms with E-state index < -0.39 is 5.60 Å². The first-order chi connectivity index (χ1) is 8.50. The highest BCUT2D eigenvalue weighted by atomic mass is 16.6. The van der Waals surface area contributed by atoms with Crippen molar-refractivity contribution >= 4 is 6.09 Å². The number of carbonyl (C=O) groups excluding carboxylic acids is 1. The summed E-state index contributed by atoms with van der Waals surface area (Å²) in [7, 11) is 0. The average Bonchev–Trinajstić information content (AvgIpc) is 2.24. The largest absolute Gasteiger partial charge is 0.444 e. The van der Waals surface area contributed by atoms with Crippen LogP contribution < -0.4 is 0 Å². The highest BCUT2D eigenvalue weighted by Crippen LogP contribution is 2.31. The van der Waals surface area contributed by atoms with E-state index in [4.69, 9.17) is 4.74 Å². The molecule has 1 aliphatic heterocycles. The molecule has 0 aromatic rings. The molecule has 4 nitrogen and oxygen atoms in total. The maximum atomic E-state index is 11.9. The van der Waals surface area contributed by atoms with Crippen molar-refractivity contribution in [3.05, 3.63) is 0 Å². The van der Waals surface area contributed by atoms with Crippen molar-refractivity contribution in [2.24, 2.45) is 11.3 Å². The van der Waals surface area contributed by atoms with Gasteiger partial charge in [-0.2, -0.15) is 0 Å². The van der Waals surface area contributed by atoms with E-state index in [1.54, 1.807) is 4.90 Å². The molecule has 1 amide bonds. The van der Waals surface area contributed by atoms with Gasteiger partial charge in [0.25, 0.3) is 0 Å². The lowest BCUT2D eigenvalue weighted by molar-refractivity contribution is -0.0218. The Morgan fingerprint density at radius 2 is 1.63 bits per heavy atom. The molecule has 4 heteroatoms. The summed E-state index contributed by atoms with van der Waals surface area (Å²) in [6.07, 6.45) is 1.14. The molecule has 112 valence electrons. The summed E-state index contributed by atoms with van der Waals surface area (Å²) in [5.74, 6) is 0.277. The Hall–Kier alpha value is -0.770. The number of piperidine rings is 1. The van der Waals surface area contributed by atoms with E-state index in [2.05, 4.69) is 20.8 Å². The van der Waals surface area contributed by atoms with Crippen molar-refractivity contribution in [2.75, 3.05) is 13.1 Å². The van der Waals surface area contributed by atoms with Crippen LogP contribution in [0.1, 0.15) is 54.4 Å². The van der Waals surface area contributed by atoms with Crippen molar-refractivity contribution in [3.63, 3.8) is 0 Å². The summed E-state index contributed by atoms with van der Waals surface area (Å²) in [5, 5.41) is 10.3. The molecule has 0 aromatic heterocycles. The second-order valence-electron chi connectivity index (χ2n) is 7.62. The van der Waals surface area contributed by atoms with Crippen molar-refractivity contribution in [3.8, 4) is 0 Å². The van der Waals surface area contributed by atoms with E-state index in [1.165, 1.54) is 0 Å². The minimum atomic E-state index is -0.446. The maximum Gasteiger partial charge on any atom is 0.410 e. The van der Waals surface area contributed by atoms with Crippen LogP contribution in [0.25, 0.3) is 0 Å². The average molecular weight is 271 g/mol. The molecule has 19 heavy (non-hydrogen) atoms. The topological polar surface area (TPSA) is 49.8 Å². The summed E-state index contributed by atoms with van der Waals surface area (Å²) in [4.78, 5) is 13.7. The number of aliphatic hydroxyl groups is 1. The van der Waals surface area contributed by atoms with Crippen molar-refractivity contribution in [2.45, 2.75) is 66.1 Å². The quantitative estimate of drug-likeness (QED) is 0.797. The summed E-state index contributed by atoms with van der Waals surface area (Å²) < 4.78 is 5.36. The lowest BCUT2D eigenvalue weighted by Crippen LogP contribution is -2.45. The number of amides is 1. The van der Waals surface area contributed by atoms with Gasteiger partial charge in [-0.1, -0.05) is 20.8 Å². The lowest BCUT2D eigenvalue weighted by Gasteiger charge is -2.39. The van der Waals surface area contributed by atoms with Crippen LogP contribution in [0.4, 0.5) is 4.79 Å². The standard InChI is InChI=1S/C15H29NO3/c1-14(2,3)12(17)11-7-9-16(10-8-11)13(18)19-15(4,5)6/h11-12,17H,7-10H2,1-6H3/t12-/m0/s1. The number of rotatable bonds is 1. The molecule has 0 saturated carbocycles. The monoisotopic (exact) mass is 271 g/mol. The van der Waals surface area contributed by atoms with Gasteiger partial charge in [0.2, 0.25) is 0 Å². The smallest absolute Gasteiger partial charge is 0.410 e. The highest BCUT2D eigenvalue weighted by Gasteiger charge is 2.34. The molecular formula is C15H29NO3. The summed E-state index contributed by atoms with van der Waals surface area (Å²) in [5.41, 5.74) is -0.544. The van der Waals surface area contributed by atoms with Gasteiger partial charge in [-0.05, 0) is 44.9 Å². The van der Waals surface area contributed by atoms with Crippen molar-refractivity contribution in [1.29, 1.82) is 0 Å². The number of ether oxygens (including phenoxy) is 1. The van der Waals surface area contributed by atoms with Crippen LogP contribution >= 0.6 is 0 Å². The molecule has 1 saturated heterocycles. The zero-order chi connectivity index (χ0) is 14.8. The van der Waals surface area contributed by atoms with E-state index in [0.29, 0.717) is 13.1 Å². The summed E-state index contributed by atoms with van der Waals surface area (Å²) in [6, 6.07) is 0. The SMILES string of the molecule is CC(C)(C)OC(=O)N1CCC([C@H](O)C(C)(C)C)CC1. The fourth-order valence-electron chi connectivity index (χ4n) is 2.43. The first-order valence-electron chi connectivity index (χ1n) is 7.17. The number of aliphatic hydroxyl groups excluding tert-OH is 1. The van der Waals surface area contributed by atoms with Crippen LogP contribution in [0.15, 0.2) is 0 Å². The molecule has 1 rings (SSSR count). The molecule has 1 atom stereocenters. The van der Waals surface area contributed by atoms with E-state index >= 15 is 0 Å². The minimum Gasteiger partial charge on any atom is -0.444 e. The molecule has 0 bridgehead atoms. The van der Waals surface area contributed by atoms with Crippen LogP contribution in [0, 0.1) is 11.3 Å². The van der Waals surface area contributed by atoms with Gasteiger partial charge >= 0.3 is 6.09 Å². The Kier molecular flexibility index (Phi) is 4.88. The fraction of sp³-hybridized carbons (Fsp3) is 0.933. The number of hydrogen-bond acceptors (Lipinski definition) is 3. The molecule has 1 heterocycles. The van der Waals surface area contributed by atoms with Crippen LogP contribution in [-0.2, 0) is 4.74 Å². The first kappa shape index (κ1) is 16.3. The predicted molar refractivity (Wildman–Crippen MR) is 76.0 cm³/mol. The molecule has 1 N–H and O–H groups in total. The van der Waals surface area contributed by atoms with Crippen LogP contribution in [0.3, 0.4) is 0 Å². The second-order valence-corrected chi connectivity index (χ2v) is 7.62. The Morgan fingerprint density at radius 3 is 2.00 bits per heavy atom. The zero-order valence-corrected chi connectivity index (χ0v) is 13.2. The van der Waals surface area contributed by atoms with Gasteiger partial charge in [-0.15, -0.1) is 0 Å². The van der Waals surface area contributed by atoms with Gasteiger partial charge in [-0.3, -0.25) is 0 Å². The Balaban J connectivity index is 2.47. The molecule has 1 fully saturated rings. The van der Waals surface area contributed by atoms with Gasteiger partial charge in [0.05, 0.1) is 6.10 Å². The molecule has 0 aromatic carbocycles. The lowest BCUT2D eigenvalue weighted by atomic mass is 9.77. The van der Waals surface area contributed by atoms with Gasteiger partial charge in [-0.25, -0.2) is 4.79 Å².